The SMILES string of the molecule is COc1ccc(-c2cc([C@H]3CCCCCN3Cc3ccc(COC(C)=O)o3)no2)cc1. The maximum Gasteiger partial charge on any atom is 0.303 e. The third-order valence-electron chi connectivity index (χ3n) is 5.60. The molecule has 4 rings (SSSR count). The van der Waals surface area contributed by atoms with Gasteiger partial charge in [-0.25, -0.2) is 0 Å². The molecule has 3 heterocycles. The Balaban J connectivity index is 1.49. The van der Waals surface area contributed by atoms with E-state index in [-0.39, 0.29) is 18.6 Å². The molecule has 1 saturated heterocycles. The van der Waals surface area contributed by atoms with Crippen LogP contribution in [0.1, 0.15) is 55.9 Å². The van der Waals surface area contributed by atoms with E-state index in [2.05, 4.69) is 10.1 Å². The number of nitrogens with zero attached hydrogens (tertiary/aromatic N) is 2. The number of likely N-dealkylation sites (tertiary alicyclic amines) is 1. The van der Waals surface area contributed by atoms with E-state index in [4.69, 9.17) is 18.4 Å². The van der Waals surface area contributed by atoms with E-state index >= 15 is 0 Å². The number of rotatable bonds is 7. The summed E-state index contributed by atoms with van der Waals surface area (Å²) in [6, 6.07) is 13.8. The molecule has 0 spiro atoms. The Kier molecular flexibility index (Phi) is 6.72. The standard InChI is InChI=1S/C24H28N2O5/c1-17(27)29-16-21-12-11-20(30-21)15-26-13-5-3-4-6-23(26)22-14-24(31-25-22)18-7-9-19(28-2)10-8-18/h7-12,14,23H,3-6,13,15-16H2,1-2H3/t23-/m1/s1. The van der Waals surface area contributed by atoms with Crippen molar-refractivity contribution in [2.45, 2.75) is 51.8 Å². The van der Waals surface area contributed by atoms with Crippen LogP contribution in [0.4, 0.5) is 0 Å². The van der Waals surface area contributed by atoms with E-state index in [1.165, 1.54) is 13.3 Å². The number of furan rings is 1. The summed E-state index contributed by atoms with van der Waals surface area (Å²) in [5.41, 5.74) is 1.92. The molecule has 2 aromatic heterocycles. The smallest absolute Gasteiger partial charge is 0.303 e. The van der Waals surface area contributed by atoms with Gasteiger partial charge in [-0.3, -0.25) is 9.69 Å². The molecule has 1 fully saturated rings. The summed E-state index contributed by atoms with van der Waals surface area (Å²) in [4.78, 5) is 13.4. The fourth-order valence-electron chi connectivity index (χ4n) is 3.99. The summed E-state index contributed by atoms with van der Waals surface area (Å²) in [6.07, 6.45) is 4.52. The first-order valence-corrected chi connectivity index (χ1v) is 10.7. The molecule has 0 unspecified atom stereocenters. The highest BCUT2D eigenvalue weighted by molar-refractivity contribution is 5.65. The summed E-state index contributed by atoms with van der Waals surface area (Å²) < 4.78 is 21.8. The molecule has 7 heteroatoms. The summed E-state index contributed by atoms with van der Waals surface area (Å²) in [7, 11) is 1.65. The first-order chi connectivity index (χ1) is 15.1. The number of hydrogen-bond acceptors (Lipinski definition) is 7. The Morgan fingerprint density at radius 2 is 1.94 bits per heavy atom. The van der Waals surface area contributed by atoms with Crippen LogP contribution in [0.25, 0.3) is 11.3 Å². The molecular weight excluding hydrogens is 396 g/mol. The van der Waals surface area contributed by atoms with Gasteiger partial charge in [0.25, 0.3) is 0 Å². The van der Waals surface area contributed by atoms with Crippen LogP contribution in [0.15, 0.2) is 51.4 Å². The average molecular weight is 424 g/mol. The maximum atomic E-state index is 11.0. The van der Waals surface area contributed by atoms with Gasteiger partial charge in [0.1, 0.15) is 29.6 Å². The van der Waals surface area contributed by atoms with E-state index < -0.39 is 0 Å². The number of methoxy groups -OCH3 is 1. The van der Waals surface area contributed by atoms with Gasteiger partial charge in [0.2, 0.25) is 0 Å². The van der Waals surface area contributed by atoms with E-state index in [1.807, 2.05) is 42.5 Å². The molecule has 0 aliphatic carbocycles. The zero-order chi connectivity index (χ0) is 21.6. The minimum Gasteiger partial charge on any atom is -0.497 e. The highest BCUT2D eigenvalue weighted by Gasteiger charge is 2.27. The van der Waals surface area contributed by atoms with Crippen LogP contribution in [0.5, 0.6) is 5.75 Å². The zero-order valence-electron chi connectivity index (χ0n) is 18.0. The lowest BCUT2D eigenvalue weighted by atomic mass is 10.0. The molecule has 164 valence electrons. The molecule has 1 atom stereocenters. The van der Waals surface area contributed by atoms with Crippen LogP contribution in [-0.2, 0) is 22.7 Å². The molecule has 3 aromatic rings. The lowest BCUT2D eigenvalue weighted by Gasteiger charge is -2.27. The number of benzene rings is 1. The van der Waals surface area contributed by atoms with E-state index in [0.717, 1.165) is 54.3 Å². The number of aromatic nitrogens is 1. The first-order valence-electron chi connectivity index (χ1n) is 10.7. The van der Waals surface area contributed by atoms with Crippen molar-refractivity contribution in [2.75, 3.05) is 13.7 Å². The Hall–Kier alpha value is -3.06. The van der Waals surface area contributed by atoms with Crippen molar-refractivity contribution in [2.24, 2.45) is 0 Å². The number of carbonyl (C=O) groups is 1. The van der Waals surface area contributed by atoms with Crippen molar-refractivity contribution in [3.05, 3.63) is 59.7 Å². The third-order valence-corrected chi connectivity index (χ3v) is 5.60. The molecule has 31 heavy (non-hydrogen) atoms. The summed E-state index contributed by atoms with van der Waals surface area (Å²) in [6.45, 7) is 3.20. The van der Waals surface area contributed by atoms with Crippen LogP contribution in [0, 0.1) is 0 Å². The second kappa shape index (κ2) is 9.83. The molecule has 1 aromatic carbocycles. The van der Waals surface area contributed by atoms with Gasteiger partial charge >= 0.3 is 5.97 Å². The first kappa shape index (κ1) is 21.2. The fraction of sp³-hybridized carbons (Fsp3) is 0.417. The number of carbonyl (C=O) groups excluding carboxylic acids is 1. The normalized spacial score (nSPS) is 17.3. The maximum absolute atomic E-state index is 11.0. The quantitative estimate of drug-likeness (QED) is 0.487. The number of ether oxygens (including phenoxy) is 2. The van der Waals surface area contributed by atoms with Gasteiger partial charge in [-0.2, -0.15) is 0 Å². The van der Waals surface area contributed by atoms with E-state index in [0.29, 0.717) is 12.3 Å². The fourth-order valence-corrected chi connectivity index (χ4v) is 3.99. The molecule has 1 aliphatic heterocycles. The lowest BCUT2D eigenvalue weighted by Crippen LogP contribution is -2.28. The van der Waals surface area contributed by atoms with Crippen molar-refractivity contribution >= 4 is 5.97 Å². The molecule has 0 radical (unpaired) electrons. The summed E-state index contributed by atoms with van der Waals surface area (Å²) in [5, 5.41) is 4.41. The average Bonchev–Trinajstić information content (AvgIpc) is 3.38. The molecular formula is C24H28N2O5. The Morgan fingerprint density at radius 3 is 2.71 bits per heavy atom. The highest BCUT2D eigenvalue weighted by Crippen LogP contribution is 2.33. The van der Waals surface area contributed by atoms with E-state index in [9.17, 15) is 4.79 Å². The molecule has 0 bridgehead atoms. The van der Waals surface area contributed by atoms with Gasteiger partial charge in [0, 0.05) is 18.6 Å². The van der Waals surface area contributed by atoms with Gasteiger partial charge in [0.05, 0.1) is 19.7 Å². The Labute approximate surface area is 181 Å². The molecule has 7 nitrogen and oxygen atoms in total. The van der Waals surface area contributed by atoms with Crippen molar-refractivity contribution in [1.29, 1.82) is 0 Å². The highest BCUT2D eigenvalue weighted by atomic mass is 16.5. The van der Waals surface area contributed by atoms with Gasteiger partial charge in [-0.15, -0.1) is 0 Å². The lowest BCUT2D eigenvalue weighted by molar-refractivity contribution is -0.142. The minimum absolute atomic E-state index is 0.160. The Bertz CT molecular complexity index is 992. The minimum atomic E-state index is -0.316. The van der Waals surface area contributed by atoms with Crippen molar-refractivity contribution < 1.29 is 23.2 Å². The largest absolute Gasteiger partial charge is 0.497 e. The van der Waals surface area contributed by atoms with Crippen LogP contribution < -0.4 is 4.74 Å². The van der Waals surface area contributed by atoms with Gasteiger partial charge < -0.3 is 18.4 Å². The third kappa shape index (κ3) is 5.35. The van der Waals surface area contributed by atoms with Gasteiger partial charge in [0.15, 0.2) is 5.76 Å². The molecule has 0 N–H and O–H groups in total. The predicted octanol–water partition coefficient (Wildman–Crippen LogP) is 5.12. The number of esters is 1. The zero-order valence-corrected chi connectivity index (χ0v) is 18.0. The van der Waals surface area contributed by atoms with Crippen molar-refractivity contribution in [3.8, 4) is 17.1 Å². The summed E-state index contributed by atoms with van der Waals surface area (Å²) >= 11 is 0. The second-order valence-corrected chi connectivity index (χ2v) is 7.83. The van der Waals surface area contributed by atoms with Gasteiger partial charge in [-0.1, -0.05) is 18.0 Å². The molecule has 0 amide bonds. The van der Waals surface area contributed by atoms with Crippen LogP contribution >= 0.6 is 0 Å². The monoisotopic (exact) mass is 424 g/mol. The topological polar surface area (TPSA) is 77.9 Å². The summed E-state index contributed by atoms with van der Waals surface area (Å²) in [5.74, 6) is 2.76. The molecule has 1 aliphatic rings. The predicted molar refractivity (Wildman–Crippen MR) is 114 cm³/mol. The van der Waals surface area contributed by atoms with Gasteiger partial charge in [-0.05, 0) is 55.8 Å². The van der Waals surface area contributed by atoms with Crippen molar-refractivity contribution in [1.82, 2.24) is 10.1 Å². The van der Waals surface area contributed by atoms with Crippen LogP contribution in [0.2, 0.25) is 0 Å². The van der Waals surface area contributed by atoms with Crippen LogP contribution in [-0.4, -0.2) is 29.7 Å². The van der Waals surface area contributed by atoms with Crippen molar-refractivity contribution in [3.63, 3.8) is 0 Å². The molecule has 0 saturated carbocycles. The van der Waals surface area contributed by atoms with E-state index in [1.54, 1.807) is 7.11 Å². The van der Waals surface area contributed by atoms with Crippen LogP contribution in [0.3, 0.4) is 0 Å². The number of hydrogen-bond donors (Lipinski definition) is 0. The second-order valence-electron chi connectivity index (χ2n) is 7.83. The Morgan fingerprint density at radius 1 is 1.13 bits per heavy atom.